The summed E-state index contributed by atoms with van der Waals surface area (Å²) >= 11 is 0. The monoisotopic (exact) mass is 290 g/mol. The summed E-state index contributed by atoms with van der Waals surface area (Å²) in [6.45, 7) is 1.18. The lowest BCUT2D eigenvalue weighted by atomic mass is 10.2. The maximum absolute atomic E-state index is 5.22. The Labute approximate surface area is 123 Å². The van der Waals surface area contributed by atoms with E-state index in [0.717, 1.165) is 11.1 Å². The molecule has 1 N–H and O–H groups in total. The molecule has 0 atom stereocenters. The summed E-state index contributed by atoms with van der Waals surface area (Å²) in [4.78, 5) is 12.3. The molecule has 0 bridgehead atoms. The van der Waals surface area contributed by atoms with Gasteiger partial charge in [-0.1, -0.05) is 6.07 Å². The normalized spacial score (nSPS) is 10.2. The molecule has 0 spiro atoms. The van der Waals surface area contributed by atoms with Crippen molar-refractivity contribution in [3.05, 3.63) is 35.8 Å². The van der Waals surface area contributed by atoms with Gasteiger partial charge in [-0.25, -0.2) is 15.0 Å². The zero-order valence-electron chi connectivity index (χ0n) is 12.3. The molecule has 2 aromatic rings. The molecule has 0 aromatic carbocycles. The van der Waals surface area contributed by atoms with Gasteiger partial charge in [0.2, 0.25) is 17.6 Å². The van der Waals surface area contributed by atoms with Crippen LogP contribution in [0.5, 0.6) is 17.6 Å². The van der Waals surface area contributed by atoms with Crippen LogP contribution in [-0.4, -0.2) is 36.3 Å². The highest BCUT2D eigenvalue weighted by atomic mass is 16.5. The van der Waals surface area contributed by atoms with Crippen LogP contribution in [0.3, 0.4) is 0 Å². The van der Waals surface area contributed by atoms with Crippen molar-refractivity contribution in [2.45, 2.75) is 13.1 Å². The zero-order chi connectivity index (χ0) is 15.1. The van der Waals surface area contributed by atoms with Gasteiger partial charge in [0.05, 0.1) is 26.9 Å². The van der Waals surface area contributed by atoms with Crippen LogP contribution in [0.1, 0.15) is 11.1 Å². The first-order chi connectivity index (χ1) is 10.3. The van der Waals surface area contributed by atoms with Crippen molar-refractivity contribution in [2.24, 2.45) is 0 Å². The lowest BCUT2D eigenvalue weighted by Crippen LogP contribution is -2.15. The average molecular weight is 290 g/mol. The predicted molar refractivity (Wildman–Crippen MR) is 76.5 cm³/mol. The first-order valence-electron chi connectivity index (χ1n) is 6.40. The summed E-state index contributed by atoms with van der Waals surface area (Å²) in [6.07, 6.45) is 3.18. The minimum Gasteiger partial charge on any atom is -0.481 e. The summed E-state index contributed by atoms with van der Waals surface area (Å²) < 4.78 is 15.5. The second-order valence-corrected chi connectivity index (χ2v) is 4.18. The fourth-order valence-electron chi connectivity index (χ4n) is 1.85. The fourth-order valence-corrected chi connectivity index (χ4v) is 1.85. The Morgan fingerprint density at radius 2 is 1.62 bits per heavy atom. The van der Waals surface area contributed by atoms with E-state index in [4.69, 9.17) is 14.2 Å². The van der Waals surface area contributed by atoms with Gasteiger partial charge < -0.3 is 19.5 Å². The third-order valence-corrected chi connectivity index (χ3v) is 2.89. The summed E-state index contributed by atoms with van der Waals surface area (Å²) in [6, 6.07) is 3.78. The number of aromatic nitrogens is 3. The van der Waals surface area contributed by atoms with Crippen molar-refractivity contribution in [1.82, 2.24) is 20.3 Å². The van der Waals surface area contributed by atoms with E-state index in [2.05, 4.69) is 20.3 Å². The number of hydrogen-bond donors (Lipinski definition) is 1. The van der Waals surface area contributed by atoms with E-state index in [0.29, 0.717) is 30.7 Å². The van der Waals surface area contributed by atoms with Gasteiger partial charge in [0.1, 0.15) is 6.33 Å². The number of pyridine rings is 1. The standard InChI is InChI=1S/C14H18N4O3/c1-19-12-5-4-10(7-16-12)6-15-8-11-13(20-2)17-9-18-14(11)21-3/h4-5,7,9,15H,6,8H2,1-3H3. The average Bonchev–Trinajstić information content (AvgIpc) is 2.55. The molecule has 0 aliphatic heterocycles. The molecule has 21 heavy (non-hydrogen) atoms. The number of nitrogens with zero attached hydrogens (tertiary/aromatic N) is 3. The first kappa shape index (κ1) is 15.0. The maximum atomic E-state index is 5.22. The van der Waals surface area contributed by atoms with E-state index >= 15 is 0 Å². The molecule has 0 fully saturated rings. The molecule has 0 amide bonds. The molecule has 2 rings (SSSR count). The Balaban J connectivity index is 1.99. The summed E-state index contributed by atoms with van der Waals surface area (Å²) in [5.74, 6) is 1.60. The van der Waals surface area contributed by atoms with Crippen LogP contribution in [0.15, 0.2) is 24.7 Å². The third-order valence-electron chi connectivity index (χ3n) is 2.89. The molecule has 0 saturated heterocycles. The van der Waals surface area contributed by atoms with Crippen molar-refractivity contribution in [3.8, 4) is 17.6 Å². The fraction of sp³-hybridized carbons (Fsp3) is 0.357. The minimum atomic E-state index is 0.502. The lowest BCUT2D eigenvalue weighted by Gasteiger charge is -2.11. The van der Waals surface area contributed by atoms with Crippen molar-refractivity contribution in [2.75, 3.05) is 21.3 Å². The van der Waals surface area contributed by atoms with Gasteiger partial charge in [0.25, 0.3) is 0 Å². The van der Waals surface area contributed by atoms with Crippen molar-refractivity contribution < 1.29 is 14.2 Å². The number of rotatable bonds is 7. The quantitative estimate of drug-likeness (QED) is 0.820. The molecule has 2 heterocycles. The van der Waals surface area contributed by atoms with E-state index in [-0.39, 0.29) is 0 Å². The van der Waals surface area contributed by atoms with Gasteiger partial charge in [0, 0.05) is 25.4 Å². The topological polar surface area (TPSA) is 78.4 Å². The molecular formula is C14H18N4O3. The largest absolute Gasteiger partial charge is 0.481 e. The number of methoxy groups -OCH3 is 3. The van der Waals surface area contributed by atoms with E-state index in [9.17, 15) is 0 Å². The maximum Gasteiger partial charge on any atom is 0.224 e. The van der Waals surface area contributed by atoms with E-state index in [1.54, 1.807) is 27.5 Å². The van der Waals surface area contributed by atoms with Crippen LogP contribution in [0, 0.1) is 0 Å². The number of nitrogens with one attached hydrogen (secondary N) is 1. The van der Waals surface area contributed by atoms with E-state index in [1.807, 2.05) is 12.1 Å². The third kappa shape index (κ3) is 3.79. The molecule has 112 valence electrons. The highest BCUT2D eigenvalue weighted by molar-refractivity contribution is 5.34. The Hall–Kier alpha value is -2.41. The van der Waals surface area contributed by atoms with Crippen molar-refractivity contribution >= 4 is 0 Å². The van der Waals surface area contributed by atoms with Gasteiger partial charge in [0.15, 0.2) is 0 Å². The van der Waals surface area contributed by atoms with E-state index in [1.165, 1.54) is 6.33 Å². The summed E-state index contributed by atoms with van der Waals surface area (Å²) in [7, 11) is 4.73. The SMILES string of the molecule is COc1ccc(CNCc2c(OC)ncnc2OC)cn1. The summed E-state index contributed by atoms with van der Waals surface area (Å²) in [5, 5.41) is 3.28. The smallest absolute Gasteiger partial charge is 0.224 e. The van der Waals surface area contributed by atoms with Crippen LogP contribution < -0.4 is 19.5 Å². The number of ether oxygens (including phenoxy) is 3. The molecule has 0 aliphatic rings. The van der Waals surface area contributed by atoms with Crippen LogP contribution >= 0.6 is 0 Å². The number of hydrogen-bond acceptors (Lipinski definition) is 7. The van der Waals surface area contributed by atoms with Gasteiger partial charge in [-0.05, 0) is 5.56 Å². The van der Waals surface area contributed by atoms with Gasteiger partial charge in [-0.3, -0.25) is 0 Å². The van der Waals surface area contributed by atoms with Gasteiger partial charge >= 0.3 is 0 Å². The zero-order valence-corrected chi connectivity index (χ0v) is 12.3. The van der Waals surface area contributed by atoms with Gasteiger partial charge in [-0.15, -0.1) is 0 Å². The Morgan fingerprint density at radius 3 is 2.14 bits per heavy atom. The molecule has 0 saturated carbocycles. The predicted octanol–water partition coefficient (Wildman–Crippen LogP) is 1.19. The van der Waals surface area contributed by atoms with Crippen LogP contribution in [0.25, 0.3) is 0 Å². The van der Waals surface area contributed by atoms with Gasteiger partial charge in [-0.2, -0.15) is 0 Å². The highest BCUT2D eigenvalue weighted by Gasteiger charge is 2.12. The van der Waals surface area contributed by atoms with E-state index < -0.39 is 0 Å². The first-order valence-corrected chi connectivity index (χ1v) is 6.40. The Kier molecular flexibility index (Phi) is 5.28. The van der Waals surface area contributed by atoms with Crippen LogP contribution in [-0.2, 0) is 13.1 Å². The Morgan fingerprint density at radius 1 is 0.905 bits per heavy atom. The second kappa shape index (κ2) is 7.39. The van der Waals surface area contributed by atoms with Crippen LogP contribution in [0.2, 0.25) is 0 Å². The second-order valence-electron chi connectivity index (χ2n) is 4.18. The molecular weight excluding hydrogens is 272 g/mol. The molecule has 0 aliphatic carbocycles. The summed E-state index contributed by atoms with van der Waals surface area (Å²) in [5.41, 5.74) is 1.83. The van der Waals surface area contributed by atoms with Crippen molar-refractivity contribution in [3.63, 3.8) is 0 Å². The molecule has 7 nitrogen and oxygen atoms in total. The Bertz CT molecular complexity index is 553. The molecule has 2 aromatic heterocycles. The highest BCUT2D eigenvalue weighted by Crippen LogP contribution is 2.22. The lowest BCUT2D eigenvalue weighted by molar-refractivity contribution is 0.359. The molecule has 0 radical (unpaired) electrons. The van der Waals surface area contributed by atoms with Crippen molar-refractivity contribution in [1.29, 1.82) is 0 Å². The molecule has 0 unspecified atom stereocenters. The van der Waals surface area contributed by atoms with Crippen LogP contribution in [0.4, 0.5) is 0 Å². The molecule has 7 heteroatoms. The minimum absolute atomic E-state index is 0.502.